The van der Waals surface area contributed by atoms with Crippen LogP contribution in [0, 0.1) is 0 Å². The van der Waals surface area contributed by atoms with E-state index < -0.39 is 0 Å². The molecule has 0 spiro atoms. The number of carbonyl (C=O) groups is 1. The van der Waals surface area contributed by atoms with Crippen LogP contribution in [0.4, 0.5) is 0 Å². The summed E-state index contributed by atoms with van der Waals surface area (Å²) in [5.74, 6) is -0.0744. The third kappa shape index (κ3) is 6.58. The van der Waals surface area contributed by atoms with Crippen LogP contribution < -0.4 is 0 Å². The Morgan fingerprint density at radius 3 is 2.31 bits per heavy atom. The molecule has 13 heavy (non-hydrogen) atoms. The van der Waals surface area contributed by atoms with Crippen molar-refractivity contribution < 1.29 is 9.53 Å². The number of ether oxygens (including phenoxy) is 1. The monoisotopic (exact) mass is 187 g/mol. The molecule has 0 rings (SSSR count). The van der Waals surface area contributed by atoms with Gasteiger partial charge in [0.15, 0.2) is 0 Å². The zero-order chi connectivity index (χ0) is 10.1. The summed E-state index contributed by atoms with van der Waals surface area (Å²) in [7, 11) is 0. The van der Waals surface area contributed by atoms with Crippen molar-refractivity contribution in [3.8, 4) is 0 Å². The summed E-state index contributed by atoms with van der Waals surface area (Å²) in [4.78, 5) is 13.3. The van der Waals surface area contributed by atoms with E-state index in [4.69, 9.17) is 4.74 Å². The summed E-state index contributed by atoms with van der Waals surface area (Å²) in [6.07, 6.45) is 1.45. The number of esters is 1. The van der Waals surface area contributed by atoms with Crippen LogP contribution >= 0.6 is 0 Å². The summed E-state index contributed by atoms with van der Waals surface area (Å²) in [6, 6.07) is 0. The molecule has 0 unspecified atom stereocenters. The van der Waals surface area contributed by atoms with E-state index in [0.29, 0.717) is 13.0 Å². The maximum absolute atomic E-state index is 11.0. The molecule has 78 valence electrons. The van der Waals surface area contributed by atoms with Crippen molar-refractivity contribution in [2.75, 3.05) is 26.2 Å². The highest BCUT2D eigenvalue weighted by molar-refractivity contribution is 5.69. The van der Waals surface area contributed by atoms with E-state index in [9.17, 15) is 4.79 Å². The second kappa shape index (κ2) is 8.05. The lowest BCUT2D eigenvalue weighted by Crippen LogP contribution is -2.24. The number of nitrogens with zero attached hydrogens (tertiary/aromatic N) is 1. The molecule has 0 saturated carbocycles. The minimum atomic E-state index is -0.0744. The number of hydrogen-bond acceptors (Lipinski definition) is 3. The van der Waals surface area contributed by atoms with E-state index in [2.05, 4.69) is 18.7 Å². The molecule has 0 amide bonds. The third-order valence-electron chi connectivity index (χ3n) is 2.05. The normalized spacial score (nSPS) is 10.5. The van der Waals surface area contributed by atoms with Gasteiger partial charge in [0.05, 0.1) is 6.61 Å². The molecule has 0 heterocycles. The fourth-order valence-electron chi connectivity index (χ4n) is 1.22. The van der Waals surface area contributed by atoms with Gasteiger partial charge in [-0.1, -0.05) is 13.8 Å². The predicted octanol–water partition coefficient (Wildman–Crippen LogP) is 1.67. The van der Waals surface area contributed by atoms with Crippen LogP contribution in [0.3, 0.4) is 0 Å². The maximum atomic E-state index is 11.0. The van der Waals surface area contributed by atoms with E-state index in [1.807, 2.05) is 6.92 Å². The van der Waals surface area contributed by atoms with Gasteiger partial charge in [0, 0.05) is 6.42 Å². The van der Waals surface area contributed by atoms with Gasteiger partial charge in [0.2, 0.25) is 0 Å². The molecule has 0 atom stereocenters. The zero-order valence-corrected chi connectivity index (χ0v) is 9.01. The van der Waals surface area contributed by atoms with Crippen LogP contribution in [0.25, 0.3) is 0 Å². The van der Waals surface area contributed by atoms with E-state index in [0.717, 1.165) is 26.1 Å². The van der Waals surface area contributed by atoms with Crippen molar-refractivity contribution in [2.45, 2.75) is 33.6 Å². The van der Waals surface area contributed by atoms with Gasteiger partial charge in [0.25, 0.3) is 0 Å². The standard InChI is InChI=1S/C10H21NO2/c1-4-11(5-2)9-7-8-10(12)13-6-3/h4-9H2,1-3H3. The molecule has 3 heteroatoms. The molecule has 0 fully saturated rings. The first-order valence-corrected chi connectivity index (χ1v) is 5.12. The number of hydrogen-bond donors (Lipinski definition) is 0. The average molecular weight is 187 g/mol. The van der Waals surface area contributed by atoms with Crippen LogP contribution in [0.5, 0.6) is 0 Å². The summed E-state index contributed by atoms with van der Waals surface area (Å²) in [6.45, 7) is 9.69. The molecule has 0 bridgehead atoms. The molecule has 3 nitrogen and oxygen atoms in total. The van der Waals surface area contributed by atoms with E-state index in [-0.39, 0.29) is 5.97 Å². The molecular formula is C10H21NO2. The molecule has 0 aliphatic rings. The number of carbonyl (C=O) groups excluding carboxylic acids is 1. The molecule has 0 aliphatic carbocycles. The van der Waals surface area contributed by atoms with Gasteiger partial charge in [-0.15, -0.1) is 0 Å². The van der Waals surface area contributed by atoms with Crippen LogP contribution in [-0.2, 0) is 9.53 Å². The summed E-state index contributed by atoms with van der Waals surface area (Å²) >= 11 is 0. The first-order chi connectivity index (χ1) is 6.24. The highest BCUT2D eigenvalue weighted by atomic mass is 16.5. The fraction of sp³-hybridized carbons (Fsp3) is 0.900. The largest absolute Gasteiger partial charge is 0.466 e. The second-order valence-corrected chi connectivity index (χ2v) is 2.94. The maximum Gasteiger partial charge on any atom is 0.305 e. The SMILES string of the molecule is CCOC(=O)CCCN(CC)CC. The van der Waals surface area contributed by atoms with Gasteiger partial charge in [-0.25, -0.2) is 0 Å². The van der Waals surface area contributed by atoms with Crippen LogP contribution in [0.15, 0.2) is 0 Å². The van der Waals surface area contributed by atoms with E-state index >= 15 is 0 Å². The molecule has 0 saturated heterocycles. The van der Waals surface area contributed by atoms with Gasteiger partial charge in [-0.3, -0.25) is 4.79 Å². The lowest BCUT2D eigenvalue weighted by Gasteiger charge is -2.16. The minimum absolute atomic E-state index is 0.0744. The van der Waals surface area contributed by atoms with Gasteiger partial charge >= 0.3 is 5.97 Å². The van der Waals surface area contributed by atoms with E-state index in [1.165, 1.54) is 0 Å². The molecule has 0 aromatic heterocycles. The molecule has 0 aromatic rings. The van der Waals surface area contributed by atoms with Gasteiger partial charge in [-0.05, 0) is 33.0 Å². The minimum Gasteiger partial charge on any atom is -0.466 e. The summed E-state index contributed by atoms with van der Waals surface area (Å²) in [5.41, 5.74) is 0. The van der Waals surface area contributed by atoms with Crippen LogP contribution in [-0.4, -0.2) is 37.1 Å². The predicted molar refractivity (Wildman–Crippen MR) is 53.7 cm³/mol. The Hall–Kier alpha value is -0.570. The van der Waals surface area contributed by atoms with Gasteiger partial charge in [0.1, 0.15) is 0 Å². The highest BCUT2D eigenvalue weighted by Crippen LogP contribution is 1.96. The first kappa shape index (κ1) is 12.4. The molecule has 0 aliphatic heterocycles. The summed E-state index contributed by atoms with van der Waals surface area (Å²) < 4.78 is 4.83. The molecule has 0 aromatic carbocycles. The fourth-order valence-corrected chi connectivity index (χ4v) is 1.22. The molecular weight excluding hydrogens is 166 g/mol. The van der Waals surface area contributed by atoms with Gasteiger partial charge in [-0.2, -0.15) is 0 Å². The smallest absolute Gasteiger partial charge is 0.305 e. The Balaban J connectivity index is 3.37. The highest BCUT2D eigenvalue weighted by Gasteiger charge is 2.03. The van der Waals surface area contributed by atoms with Crippen molar-refractivity contribution in [2.24, 2.45) is 0 Å². The lowest BCUT2D eigenvalue weighted by molar-refractivity contribution is -0.143. The van der Waals surface area contributed by atoms with Crippen molar-refractivity contribution >= 4 is 5.97 Å². The van der Waals surface area contributed by atoms with Crippen molar-refractivity contribution in [1.82, 2.24) is 4.90 Å². The van der Waals surface area contributed by atoms with Crippen LogP contribution in [0.2, 0.25) is 0 Å². The quantitative estimate of drug-likeness (QED) is 0.568. The Bertz CT molecular complexity index is 133. The Labute approximate surface area is 81.1 Å². The average Bonchev–Trinajstić information content (AvgIpc) is 2.13. The molecule has 0 radical (unpaired) electrons. The van der Waals surface area contributed by atoms with Crippen LogP contribution in [0.1, 0.15) is 33.6 Å². The van der Waals surface area contributed by atoms with Crippen molar-refractivity contribution in [1.29, 1.82) is 0 Å². The topological polar surface area (TPSA) is 29.5 Å². The Morgan fingerprint density at radius 2 is 1.85 bits per heavy atom. The zero-order valence-electron chi connectivity index (χ0n) is 9.01. The lowest BCUT2D eigenvalue weighted by atomic mass is 10.3. The Morgan fingerprint density at radius 1 is 1.23 bits per heavy atom. The first-order valence-electron chi connectivity index (χ1n) is 5.12. The summed E-state index contributed by atoms with van der Waals surface area (Å²) in [5, 5.41) is 0. The molecule has 0 N–H and O–H groups in total. The van der Waals surface area contributed by atoms with Crippen molar-refractivity contribution in [3.05, 3.63) is 0 Å². The van der Waals surface area contributed by atoms with Gasteiger partial charge < -0.3 is 9.64 Å². The number of rotatable bonds is 7. The third-order valence-corrected chi connectivity index (χ3v) is 2.05. The Kier molecular flexibility index (Phi) is 7.69. The second-order valence-electron chi connectivity index (χ2n) is 2.94. The van der Waals surface area contributed by atoms with E-state index in [1.54, 1.807) is 0 Å². The van der Waals surface area contributed by atoms with Crippen molar-refractivity contribution in [3.63, 3.8) is 0 Å².